The van der Waals surface area contributed by atoms with Gasteiger partial charge in [0.15, 0.2) is 5.82 Å². The molecule has 1 N–H and O–H groups in total. The van der Waals surface area contributed by atoms with E-state index < -0.39 is 6.17 Å². The highest BCUT2D eigenvalue weighted by Crippen LogP contribution is 2.42. The van der Waals surface area contributed by atoms with E-state index in [2.05, 4.69) is 26.3 Å². The van der Waals surface area contributed by atoms with Crippen LogP contribution in [0.15, 0.2) is 24.5 Å². The molecule has 0 fully saturated rings. The molecular weight excluding hydrogens is 395 g/mol. The Morgan fingerprint density at radius 2 is 2.10 bits per heavy atom. The molecular formula is C23H27FN6O. The number of nitrogens with zero attached hydrogens (tertiary/aromatic N) is 5. The fourth-order valence-electron chi connectivity index (χ4n) is 4.78. The van der Waals surface area contributed by atoms with Crippen molar-refractivity contribution >= 4 is 17.4 Å². The van der Waals surface area contributed by atoms with Crippen molar-refractivity contribution in [3.05, 3.63) is 46.9 Å². The summed E-state index contributed by atoms with van der Waals surface area (Å²) in [6.45, 7) is 5.27. The molecule has 2 aliphatic rings. The fraction of sp³-hybridized carbons (Fsp3) is 0.435. The molecule has 1 aromatic carbocycles. The molecule has 0 saturated carbocycles. The van der Waals surface area contributed by atoms with Crippen LogP contribution in [-0.4, -0.2) is 43.9 Å². The topological polar surface area (TPSA) is 70.1 Å². The van der Waals surface area contributed by atoms with Crippen LogP contribution in [0.5, 0.6) is 0 Å². The first kappa shape index (κ1) is 19.8. The lowest BCUT2D eigenvalue weighted by atomic mass is 9.91. The van der Waals surface area contributed by atoms with Crippen LogP contribution < -0.4 is 4.90 Å². The van der Waals surface area contributed by atoms with Crippen molar-refractivity contribution in [2.75, 3.05) is 18.0 Å². The van der Waals surface area contributed by atoms with Gasteiger partial charge in [-0.15, -0.1) is 0 Å². The maximum Gasteiger partial charge on any atom is 0.219 e. The number of hydrogen-bond donors (Lipinski definition) is 1. The second-order valence-corrected chi connectivity index (χ2v) is 8.54. The molecule has 4 heterocycles. The van der Waals surface area contributed by atoms with Gasteiger partial charge >= 0.3 is 0 Å². The number of carbonyl (C=O) groups is 1. The van der Waals surface area contributed by atoms with E-state index in [1.54, 1.807) is 24.7 Å². The zero-order chi connectivity index (χ0) is 21.7. The second kappa shape index (κ2) is 7.51. The summed E-state index contributed by atoms with van der Waals surface area (Å²) in [5.74, 6) is 0.931. The Hall–Kier alpha value is -3.16. The lowest BCUT2D eigenvalue weighted by Gasteiger charge is -2.33. The quantitative estimate of drug-likeness (QED) is 0.697. The van der Waals surface area contributed by atoms with Crippen molar-refractivity contribution in [3.8, 4) is 11.1 Å². The highest BCUT2D eigenvalue weighted by Gasteiger charge is 2.30. The number of H-pyrrole nitrogens is 1. The Morgan fingerprint density at radius 1 is 1.26 bits per heavy atom. The van der Waals surface area contributed by atoms with Crippen molar-refractivity contribution in [2.45, 2.75) is 45.8 Å². The lowest BCUT2D eigenvalue weighted by Crippen LogP contribution is -2.35. The van der Waals surface area contributed by atoms with Crippen LogP contribution in [0.3, 0.4) is 0 Å². The predicted molar refractivity (Wildman–Crippen MR) is 117 cm³/mol. The van der Waals surface area contributed by atoms with Crippen molar-refractivity contribution in [1.82, 2.24) is 24.9 Å². The average molecular weight is 423 g/mol. The number of benzene rings is 1. The molecule has 0 spiro atoms. The van der Waals surface area contributed by atoms with E-state index in [1.807, 2.05) is 24.2 Å². The number of alkyl halides is 1. The Balaban J connectivity index is 1.60. The van der Waals surface area contributed by atoms with E-state index >= 15 is 0 Å². The van der Waals surface area contributed by atoms with Crippen LogP contribution in [-0.2, 0) is 31.2 Å². The van der Waals surface area contributed by atoms with Gasteiger partial charge in [-0.25, -0.2) is 4.39 Å². The van der Waals surface area contributed by atoms with Gasteiger partial charge in [0, 0.05) is 62.2 Å². The number of halogens is 1. The SMILES string of the molecule is CC(=O)N1CCc2[nH]nc(N3CCCc4cc(-c5cnn(C)c5)c(C(C)F)cc43)c2C1. The van der Waals surface area contributed by atoms with E-state index in [9.17, 15) is 9.18 Å². The summed E-state index contributed by atoms with van der Waals surface area (Å²) in [7, 11) is 1.87. The molecule has 7 nitrogen and oxygen atoms in total. The van der Waals surface area contributed by atoms with Crippen LogP contribution in [0.25, 0.3) is 11.1 Å². The summed E-state index contributed by atoms with van der Waals surface area (Å²) in [6.07, 6.45) is 5.30. The standard InChI is InChI=1S/C23H27FN6O/c1-14(24)18-10-22-16(9-19(18)17-11-25-28(3)12-17)5-4-7-30(22)23-20-13-29(15(2)31)8-6-21(20)26-27-23/h9-12,14H,4-8,13H2,1-3H3,(H,26,27). The largest absolute Gasteiger partial charge is 0.338 e. The van der Waals surface area contributed by atoms with E-state index in [-0.39, 0.29) is 5.91 Å². The molecule has 0 bridgehead atoms. The Morgan fingerprint density at radius 3 is 2.81 bits per heavy atom. The number of rotatable bonds is 3. The zero-order valence-electron chi connectivity index (χ0n) is 18.2. The van der Waals surface area contributed by atoms with Gasteiger partial charge in [0.25, 0.3) is 0 Å². The fourth-order valence-corrected chi connectivity index (χ4v) is 4.78. The second-order valence-electron chi connectivity index (χ2n) is 8.54. The van der Waals surface area contributed by atoms with Crippen molar-refractivity contribution in [1.29, 1.82) is 0 Å². The Bertz CT molecular complexity index is 1150. The van der Waals surface area contributed by atoms with Gasteiger partial charge in [-0.2, -0.15) is 10.2 Å². The first-order chi connectivity index (χ1) is 14.9. The van der Waals surface area contributed by atoms with Gasteiger partial charge in [-0.3, -0.25) is 14.6 Å². The summed E-state index contributed by atoms with van der Waals surface area (Å²) < 4.78 is 16.5. The minimum absolute atomic E-state index is 0.0755. The molecule has 0 saturated heterocycles. The molecule has 3 aromatic rings. The summed E-state index contributed by atoms with van der Waals surface area (Å²) >= 11 is 0. The van der Waals surface area contributed by atoms with Crippen molar-refractivity contribution < 1.29 is 9.18 Å². The van der Waals surface area contributed by atoms with Gasteiger partial charge < -0.3 is 9.80 Å². The molecule has 162 valence electrons. The maximum atomic E-state index is 14.7. The summed E-state index contributed by atoms with van der Waals surface area (Å²) in [4.78, 5) is 16.0. The molecule has 5 rings (SSSR count). The molecule has 8 heteroatoms. The first-order valence-corrected chi connectivity index (χ1v) is 10.8. The van der Waals surface area contributed by atoms with Gasteiger partial charge in [0.2, 0.25) is 5.91 Å². The smallest absolute Gasteiger partial charge is 0.219 e. The highest BCUT2D eigenvalue weighted by atomic mass is 19.1. The summed E-state index contributed by atoms with van der Waals surface area (Å²) in [5.41, 5.74) is 6.84. The van der Waals surface area contributed by atoms with Crippen LogP contribution in [0.1, 0.15) is 48.8 Å². The van der Waals surface area contributed by atoms with E-state index in [0.717, 1.165) is 59.7 Å². The molecule has 1 amide bonds. The van der Waals surface area contributed by atoms with E-state index in [4.69, 9.17) is 0 Å². The van der Waals surface area contributed by atoms with E-state index in [0.29, 0.717) is 18.7 Å². The predicted octanol–water partition coefficient (Wildman–Crippen LogP) is 3.83. The Labute approximate surface area is 180 Å². The van der Waals surface area contributed by atoms with Gasteiger partial charge in [0.1, 0.15) is 6.17 Å². The number of nitrogens with one attached hydrogen (secondary N) is 1. The number of fused-ring (bicyclic) bond motifs is 2. The monoisotopic (exact) mass is 422 g/mol. The number of aromatic nitrogens is 4. The number of anilines is 2. The molecule has 1 unspecified atom stereocenters. The summed E-state index contributed by atoms with van der Waals surface area (Å²) in [6, 6.07) is 4.10. The highest BCUT2D eigenvalue weighted by molar-refractivity contribution is 5.78. The van der Waals surface area contributed by atoms with Crippen LogP contribution in [0.2, 0.25) is 0 Å². The minimum atomic E-state index is -1.11. The number of amides is 1. The molecule has 2 aromatic heterocycles. The molecule has 0 radical (unpaired) electrons. The third-order valence-electron chi connectivity index (χ3n) is 6.43. The van der Waals surface area contributed by atoms with Gasteiger partial charge in [0.05, 0.1) is 12.7 Å². The normalized spacial score (nSPS) is 16.8. The van der Waals surface area contributed by atoms with Crippen LogP contribution in [0.4, 0.5) is 15.9 Å². The number of aryl methyl sites for hydroxylation is 2. The van der Waals surface area contributed by atoms with Gasteiger partial charge in [-0.05, 0) is 48.6 Å². The number of hydrogen-bond acceptors (Lipinski definition) is 4. The van der Waals surface area contributed by atoms with E-state index in [1.165, 1.54) is 5.56 Å². The third kappa shape index (κ3) is 3.40. The number of aromatic amines is 1. The minimum Gasteiger partial charge on any atom is -0.338 e. The molecule has 2 aliphatic heterocycles. The zero-order valence-corrected chi connectivity index (χ0v) is 18.2. The Kier molecular flexibility index (Phi) is 4.79. The van der Waals surface area contributed by atoms with Crippen LogP contribution in [0, 0.1) is 0 Å². The number of carbonyl (C=O) groups excluding carboxylic acids is 1. The third-order valence-corrected chi connectivity index (χ3v) is 6.43. The van der Waals surface area contributed by atoms with Gasteiger partial charge in [-0.1, -0.05) is 0 Å². The molecule has 31 heavy (non-hydrogen) atoms. The average Bonchev–Trinajstić information content (AvgIpc) is 3.38. The lowest BCUT2D eigenvalue weighted by molar-refractivity contribution is -0.129. The molecule has 1 atom stereocenters. The van der Waals surface area contributed by atoms with Crippen molar-refractivity contribution in [2.24, 2.45) is 7.05 Å². The van der Waals surface area contributed by atoms with Crippen LogP contribution >= 0.6 is 0 Å². The molecule has 0 aliphatic carbocycles. The maximum absolute atomic E-state index is 14.7. The first-order valence-electron chi connectivity index (χ1n) is 10.8. The summed E-state index contributed by atoms with van der Waals surface area (Å²) in [5, 5.41) is 12.1. The van der Waals surface area contributed by atoms with Crippen molar-refractivity contribution in [3.63, 3.8) is 0 Å².